The van der Waals surface area contributed by atoms with Crippen molar-refractivity contribution in [3.05, 3.63) is 59.6 Å². The first-order valence-electron chi connectivity index (χ1n) is 7.39. The summed E-state index contributed by atoms with van der Waals surface area (Å²) in [6, 6.07) is 15.6. The summed E-state index contributed by atoms with van der Waals surface area (Å²) in [5, 5.41) is 15.9. The third-order valence-corrected chi connectivity index (χ3v) is 4.74. The highest BCUT2D eigenvalue weighted by molar-refractivity contribution is 7.13. The number of aliphatic hydroxyl groups is 1. The smallest absolute Gasteiger partial charge is 0.274 e. The van der Waals surface area contributed by atoms with E-state index in [0.29, 0.717) is 18.8 Å². The van der Waals surface area contributed by atoms with Gasteiger partial charge in [0, 0.05) is 13.1 Å². The van der Waals surface area contributed by atoms with E-state index < -0.39 is 6.10 Å². The molecule has 116 valence electrons. The van der Waals surface area contributed by atoms with Gasteiger partial charge in [-0.1, -0.05) is 24.3 Å². The molecule has 3 heterocycles. The van der Waals surface area contributed by atoms with Gasteiger partial charge in [-0.3, -0.25) is 4.79 Å². The first-order valence-corrected chi connectivity index (χ1v) is 8.27. The van der Waals surface area contributed by atoms with Crippen molar-refractivity contribution in [2.75, 3.05) is 13.1 Å². The number of nitrogens with zero attached hydrogens (tertiary/aromatic N) is 3. The van der Waals surface area contributed by atoms with E-state index >= 15 is 0 Å². The Bertz CT molecular complexity index is 821. The van der Waals surface area contributed by atoms with Gasteiger partial charge >= 0.3 is 0 Å². The molecule has 4 rings (SSSR count). The average Bonchev–Trinajstić information content (AvgIpc) is 3.21. The number of hydrogen-bond acceptors (Lipinski definition) is 4. The number of para-hydroxylation sites is 1. The lowest BCUT2D eigenvalue weighted by atomic mass is 10.1. The predicted molar refractivity (Wildman–Crippen MR) is 88.8 cm³/mol. The normalized spacial score (nSPS) is 14.7. The number of benzene rings is 1. The lowest BCUT2D eigenvalue weighted by molar-refractivity contribution is 0.00547. The van der Waals surface area contributed by atoms with Gasteiger partial charge in [0.25, 0.3) is 5.91 Å². The number of aromatic nitrogens is 2. The first kappa shape index (κ1) is 14.2. The molecule has 0 bridgehead atoms. The maximum Gasteiger partial charge on any atom is 0.274 e. The Morgan fingerprint density at radius 1 is 1.17 bits per heavy atom. The van der Waals surface area contributed by atoms with Crippen molar-refractivity contribution in [2.24, 2.45) is 0 Å². The molecule has 0 atom stereocenters. The summed E-state index contributed by atoms with van der Waals surface area (Å²) in [6.45, 7) is 0.761. The molecule has 0 aliphatic carbocycles. The number of aliphatic hydroxyl groups excluding tert-OH is 1. The van der Waals surface area contributed by atoms with Crippen LogP contribution in [-0.2, 0) is 0 Å². The van der Waals surface area contributed by atoms with Gasteiger partial charge in [0.1, 0.15) is 0 Å². The number of carbonyl (C=O) groups excluding carboxylic acids is 1. The molecule has 0 saturated carbocycles. The largest absolute Gasteiger partial charge is 0.389 e. The number of thiophene rings is 1. The van der Waals surface area contributed by atoms with Gasteiger partial charge in [0.2, 0.25) is 0 Å². The van der Waals surface area contributed by atoms with Crippen LogP contribution in [0.2, 0.25) is 0 Å². The molecule has 6 heteroatoms. The molecule has 5 nitrogen and oxygen atoms in total. The highest BCUT2D eigenvalue weighted by Gasteiger charge is 2.31. The van der Waals surface area contributed by atoms with E-state index in [4.69, 9.17) is 0 Å². The third kappa shape index (κ3) is 2.56. The second-order valence-electron chi connectivity index (χ2n) is 5.50. The molecule has 3 aromatic rings. The zero-order chi connectivity index (χ0) is 15.8. The fourth-order valence-corrected chi connectivity index (χ4v) is 3.36. The molecule has 0 unspecified atom stereocenters. The van der Waals surface area contributed by atoms with Crippen molar-refractivity contribution < 1.29 is 9.90 Å². The predicted octanol–water partition coefficient (Wildman–Crippen LogP) is 2.42. The Hall–Kier alpha value is -2.44. The van der Waals surface area contributed by atoms with Gasteiger partial charge in [0.05, 0.1) is 22.4 Å². The van der Waals surface area contributed by atoms with Crippen LogP contribution in [0.15, 0.2) is 53.9 Å². The Kier molecular flexibility index (Phi) is 3.48. The minimum atomic E-state index is -0.410. The molecule has 1 aliphatic rings. The van der Waals surface area contributed by atoms with Gasteiger partial charge < -0.3 is 10.0 Å². The maximum absolute atomic E-state index is 12.5. The van der Waals surface area contributed by atoms with E-state index in [0.717, 1.165) is 16.3 Å². The zero-order valence-electron chi connectivity index (χ0n) is 12.3. The third-order valence-electron chi connectivity index (χ3n) is 3.85. The Morgan fingerprint density at radius 2 is 1.96 bits per heavy atom. The van der Waals surface area contributed by atoms with Crippen LogP contribution in [0.4, 0.5) is 0 Å². The Morgan fingerprint density at radius 3 is 2.61 bits per heavy atom. The summed E-state index contributed by atoms with van der Waals surface area (Å²) in [6.07, 6.45) is -0.410. The van der Waals surface area contributed by atoms with Gasteiger partial charge in [-0.2, -0.15) is 5.10 Å². The fraction of sp³-hybridized carbons (Fsp3) is 0.176. The second kappa shape index (κ2) is 5.64. The highest BCUT2D eigenvalue weighted by atomic mass is 32.1. The zero-order valence-corrected chi connectivity index (χ0v) is 13.1. The Labute approximate surface area is 137 Å². The number of rotatable bonds is 3. The van der Waals surface area contributed by atoms with Crippen molar-refractivity contribution in [3.8, 4) is 16.3 Å². The quantitative estimate of drug-likeness (QED) is 0.804. The number of carbonyl (C=O) groups is 1. The van der Waals surface area contributed by atoms with Crippen LogP contribution in [-0.4, -0.2) is 44.9 Å². The molecule has 23 heavy (non-hydrogen) atoms. The van der Waals surface area contributed by atoms with Crippen molar-refractivity contribution in [2.45, 2.75) is 6.10 Å². The van der Waals surface area contributed by atoms with Gasteiger partial charge in [-0.05, 0) is 29.6 Å². The minimum absolute atomic E-state index is 0.136. The van der Waals surface area contributed by atoms with Crippen molar-refractivity contribution in [1.82, 2.24) is 14.7 Å². The van der Waals surface area contributed by atoms with Crippen molar-refractivity contribution in [3.63, 3.8) is 0 Å². The van der Waals surface area contributed by atoms with E-state index in [2.05, 4.69) is 5.10 Å². The molecule has 1 aromatic carbocycles. The molecule has 1 N–H and O–H groups in total. The van der Waals surface area contributed by atoms with E-state index in [9.17, 15) is 9.90 Å². The lowest BCUT2D eigenvalue weighted by Gasteiger charge is -2.35. The van der Waals surface area contributed by atoms with Crippen LogP contribution >= 0.6 is 11.3 Å². The van der Waals surface area contributed by atoms with Crippen LogP contribution in [0.5, 0.6) is 0 Å². The lowest BCUT2D eigenvalue weighted by Crippen LogP contribution is -2.53. The molecular formula is C17H15N3O2S. The SMILES string of the molecule is O=C(c1cc(-c2cccs2)n(-c2ccccc2)n1)N1CC(O)C1. The van der Waals surface area contributed by atoms with Crippen LogP contribution < -0.4 is 0 Å². The molecule has 1 fully saturated rings. The van der Waals surface area contributed by atoms with Crippen LogP contribution in [0, 0.1) is 0 Å². The standard InChI is InChI=1S/C17H15N3O2S/c21-13-10-19(11-13)17(22)14-9-15(16-7-4-8-23-16)20(18-14)12-5-2-1-3-6-12/h1-9,13,21H,10-11H2. The van der Waals surface area contributed by atoms with E-state index in [-0.39, 0.29) is 5.91 Å². The second-order valence-corrected chi connectivity index (χ2v) is 6.45. The van der Waals surface area contributed by atoms with Crippen LogP contribution in [0.25, 0.3) is 16.3 Å². The number of β-amino-alcohol motifs (C(OH)–C–C–N with tert-alkyl or cyclic N) is 1. The molecule has 0 spiro atoms. The molecule has 0 radical (unpaired) electrons. The Balaban J connectivity index is 1.76. The summed E-state index contributed by atoms with van der Waals surface area (Å²) in [4.78, 5) is 15.2. The van der Waals surface area contributed by atoms with Crippen molar-refractivity contribution in [1.29, 1.82) is 0 Å². The number of likely N-dealkylation sites (tertiary alicyclic amines) is 1. The topological polar surface area (TPSA) is 58.4 Å². The molecular weight excluding hydrogens is 310 g/mol. The molecule has 1 aliphatic heterocycles. The number of amides is 1. The summed E-state index contributed by atoms with van der Waals surface area (Å²) in [7, 11) is 0. The van der Waals surface area contributed by atoms with E-state index in [1.165, 1.54) is 0 Å². The monoisotopic (exact) mass is 325 g/mol. The van der Waals surface area contributed by atoms with Gasteiger partial charge in [-0.25, -0.2) is 4.68 Å². The summed E-state index contributed by atoms with van der Waals surface area (Å²) >= 11 is 1.61. The van der Waals surface area contributed by atoms with Crippen LogP contribution in [0.1, 0.15) is 10.5 Å². The maximum atomic E-state index is 12.5. The highest BCUT2D eigenvalue weighted by Crippen LogP contribution is 2.28. The van der Waals surface area contributed by atoms with E-state index in [1.54, 1.807) is 20.9 Å². The first-order chi connectivity index (χ1) is 11.2. The summed E-state index contributed by atoms with van der Waals surface area (Å²) in [5.41, 5.74) is 2.22. The average molecular weight is 325 g/mol. The number of hydrogen-bond donors (Lipinski definition) is 1. The molecule has 2 aromatic heterocycles. The molecule has 1 saturated heterocycles. The molecule has 1 amide bonds. The fourth-order valence-electron chi connectivity index (χ4n) is 2.63. The minimum Gasteiger partial charge on any atom is -0.389 e. The van der Waals surface area contributed by atoms with Crippen molar-refractivity contribution >= 4 is 17.2 Å². The summed E-state index contributed by atoms with van der Waals surface area (Å²) < 4.78 is 1.80. The summed E-state index contributed by atoms with van der Waals surface area (Å²) in [5.74, 6) is -0.136. The van der Waals surface area contributed by atoms with Gasteiger partial charge in [0.15, 0.2) is 5.69 Å². The van der Waals surface area contributed by atoms with Crippen LogP contribution in [0.3, 0.4) is 0 Å². The van der Waals surface area contributed by atoms with E-state index in [1.807, 2.05) is 53.9 Å². The van der Waals surface area contributed by atoms with Gasteiger partial charge in [-0.15, -0.1) is 11.3 Å².